The summed E-state index contributed by atoms with van der Waals surface area (Å²) in [6.45, 7) is 2.42. The first-order valence-corrected chi connectivity index (χ1v) is 13.1. The molecule has 2 aliphatic heterocycles. The summed E-state index contributed by atoms with van der Waals surface area (Å²) in [7, 11) is 0. The fourth-order valence-electron chi connectivity index (χ4n) is 9.60. The van der Waals surface area contributed by atoms with E-state index in [1.54, 1.807) is 0 Å². The van der Waals surface area contributed by atoms with Crippen molar-refractivity contribution in [2.24, 2.45) is 17.3 Å². The van der Waals surface area contributed by atoms with Gasteiger partial charge < -0.3 is 10.0 Å². The van der Waals surface area contributed by atoms with E-state index in [2.05, 4.69) is 21.9 Å². The fourth-order valence-corrected chi connectivity index (χ4v) is 9.60. The van der Waals surface area contributed by atoms with E-state index in [1.807, 2.05) is 36.4 Å². The standard InChI is InChI=1S/C29H33FN2O2/c30-12-4-13-31-14-11-29-23-16-22(33)8-7-20(23)15-25(31)28(29)10-9-24-26(29)21(17-28)18-32(24)27(34)19-5-2-1-3-6-19/h1-3,5-8,16,21,24-26,33H,4,9-15,17-18H2/t21-,24?,25?,26?,28?,29?/m1/s1. The topological polar surface area (TPSA) is 43.8 Å². The van der Waals surface area contributed by atoms with Crippen LogP contribution in [0.3, 0.4) is 0 Å². The molecule has 3 aliphatic carbocycles. The van der Waals surface area contributed by atoms with Crippen molar-refractivity contribution in [3.8, 4) is 5.75 Å². The lowest BCUT2D eigenvalue weighted by Gasteiger charge is -2.66. The van der Waals surface area contributed by atoms with Gasteiger partial charge in [0.2, 0.25) is 0 Å². The number of hydrogen-bond acceptors (Lipinski definition) is 3. The molecule has 34 heavy (non-hydrogen) atoms. The molecule has 2 saturated carbocycles. The van der Waals surface area contributed by atoms with Crippen LogP contribution in [-0.4, -0.2) is 59.2 Å². The highest BCUT2D eigenvalue weighted by molar-refractivity contribution is 5.94. The molecule has 4 nitrogen and oxygen atoms in total. The Bertz CT molecular complexity index is 1140. The summed E-state index contributed by atoms with van der Waals surface area (Å²) in [6, 6.07) is 16.5. The Labute approximate surface area is 200 Å². The minimum atomic E-state index is -0.254. The van der Waals surface area contributed by atoms with Gasteiger partial charge >= 0.3 is 0 Å². The monoisotopic (exact) mass is 460 g/mol. The molecule has 178 valence electrons. The molecule has 1 N–H and O–H groups in total. The molecular formula is C29H33FN2O2. The van der Waals surface area contributed by atoms with Crippen molar-refractivity contribution in [1.82, 2.24) is 9.80 Å². The van der Waals surface area contributed by atoms with Gasteiger partial charge in [0.25, 0.3) is 5.91 Å². The first-order chi connectivity index (χ1) is 16.6. The molecule has 2 heterocycles. The predicted octanol–water partition coefficient (Wildman–Crippen LogP) is 4.56. The molecule has 7 rings (SSSR count). The van der Waals surface area contributed by atoms with Gasteiger partial charge in [-0.15, -0.1) is 0 Å². The van der Waals surface area contributed by atoms with Crippen molar-refractivity contribution >= 4 is 5.91 Å². The lowest BCUT2D eigenvalue weighted by atomic mass is 9.43. The van der Waals surface area contributed by atoms with Crippen LogP contribution in [-0.2, 0) is 11.8 Å². The summed E-state index contributed by atoms with van der Waals surface area (Å²) in [5, 5.41) is 10.6. The number of amides is 1. The zero-order valence-electron chi connectivity index (χ0n) is 19.6. The van der Waals surface area contributed by atoms with Gasteiger partial charge in [-0.25, -0.2) is 0 Å². The minimum absolute atomic E-state index is 0.00943. The fraction of sp³-hybridized carbons (Fsp3) is 0.552. The Kier molecular flexibility index (Phi) is 4.49. The third-order valence-electron chi connectivity index (χ3n) is 10.4. The smallest absolute Gasteiger partial charge is 0.254 e. The Hall–Kier alpha value is -2.40. The van der Waals surface area contributed by atoms with Crippen LogP contribution in [0, 0.1) is 17.3 Å². The average Bonchev–Trinajstić information content (AvgIpc) is 3.30. The molecule has 1 amide bonds. The van der Waals surface area contributed by atoms with Crippen LogP contribution in [0.5, 0.6) is 5.75 Å². The van der Waals surface area contributed by atoms with Crippen LogP contribution >= 0.6 is 0 Å². The lowest BCUT2D eigenvalue weighted by molar-refractivity contribution is -0.101. The van der Waals surface area contributed by atoms with Crippen molar-refractivity contribution in [2.45, 2.75) is 56.0 Å². The summed E-state index contributed by atoms with van der Waals surface area (Å²) < 4.78 is 13.2. The minimum Gasteiger partial charge on any atom is -0.508 e. The van der Waals surface area contributed by atoms with E-state index in [9.17, 15) is 14.3 Å². The summed E-state index contributed by atoms with van der Waals surface area (Å²) >= 11 is 0. The number of nitrogens with zero attached hydrogens (tertiary/aromatic N) is 2. The van der Waals surface area contributed by atoms with Gasteiger partial charge in [-0.2, -0.15) is 0 Å². The predicted molar refractivity (Wildman–Crippen MR) is 129 cm³/mol. The van der Waals surface area contributed by atoms with Crippen LogP contribution in [0.1, 0.15) is 53.6 Å². The van der Waals surface area contributed by atoms with E-state index >= 15 is 0 Å². The second-order valence-corrected chi connectivity index (χ2v) is 11.4. The third-order valence-corrected chi connectivity index (χ3v) is 10.4. The zero-order valence-corrected chi connectivity index (χ0v) is 19.6. The van der Waals surface area contributed by atoms with Gasteiger partial charge in [-0.3, -0.25) is 14.1 Å². The largest absolute Gasteiger partial charge is 0.508 e. The number of halogens is 1. The number of alkyl halides is 1. The molecule has 2 saturated heterocycles. The van der Waals surface area contributed by atoms with Crippen molar-refractivity contribution in [1.29, 1.82) is 0 Å². The Morgan fingerprint density at radius 3 is 2.82 bits per heavy atom. The van der Waals surface area contributed by atoms with Crippen LogP contribution in [0.25, 0.3) is 0 Å². The first kappa shape index (κ1) is 20.9. The summed E-state index contributed by atoms with van der Waals surface area (Å²) in [5.74, 6) is 1.47. The van der Waals surface area contributed by atoms with E-state index in [1.165, 1.54) is 11.1 Å². The third kappa shape index (κ3) is 2.49. The van der Waals surface area contributed by atoms with E-state index in [0.717, 1.165) is 57.3 Å². The van der Waals surface area contributed by atoms with Gasteiger partial charge in [-0.05, 0) is 97.7 Å². The number of rotatable bonds is 4. The van der Waals surface area contributed by atoms with Gasteiger partial charge in [0.1, 0.15) is 5.75 Å². The second-order valence-electron chi connectivity index (χ2n) is 11.4. The number of likely N-dealkylation sites (tertiary alicyclic amines) is 2. The van der Waals surface area contributed by atoms with Crippen molar-refractivity contribution in [3.05, 3.63) is 65.2 Å². The number of aromatic hydroxyl groups is 1. The number of phenols is 1. The highest BCUT2D eigenvalue weighted by Gasteiger charge is 2.76. The van der Waals surface area contributed by atoms with E-state index in [0.29, 0.717) is 30.0 Å². The van der Waals surface area contributed by atoms with Crippen LogP contribution < -0.4 is 0 Å². The van der Waals surface area contributed by atoms with Gasteiger partial charge in [-0.1, -0.05) is 24.3 Å². The Morgan fingerprint density at radius 1 is 1.15 bits per heavy atom. The van der Waals surface area contributed by atoms with Crippen molar-refractivity contribution < 1.29 is 14.3 Å². The Balaban J connectivity index is 1.34. The molecule has 0 radical (unpaired) electrons. The quantitative estimate of drug-likeness (QED) is 0.728. The maximum atomic E-state index is 13.6. The molecular weight excluding hydrogens is 427 g/mol. The summed E-state index contributed by atoms with van der Waals surface area (Å²) in [4.78, 5) is 18.4. The maximum Gasteiger partial charge on any atom is 0.254 e. The number of benzene rings is 2. The molecule has 2 aromatic carbocycles. The SMILES string of the molecule is O=C(c1ccccc1)N1C[C@H]2CC34CCC1C2C31CCN(CCCF)C4Cc2ccc(O)cc21. The lowest BCUT2D eigenvalue weighted by Crippen LogP contribution is -2.69. The van der Waals surface area contributed by atoms with E-state index in [-0.39, 0.29) is 29.5 Å². The van der Waals surface area contributed by atoms with E-state index in [4.69, 9.17) is 0 Å². The van der Waals surface area contributed by atoms with Crippen molar-refractivity contribution in [2.75, 3.05) is 26.3 Å². The highest BCUT2D eigenvalue weighted by atomic mass is 19.1. The first-order valence-electron chi connectivity index (χ1n) is 13.1. The summed E-state index contributed by atoms with van der Waals surface area (Å²) in [6.07, 6.45) is 5.99. The number of hydrogen-bond donors (Lipinski definition) is 1. The number of piperidine rings is 1. The molecule has 6 atom stereocenters. The number of carbonyl (C=O) groups is 1. The Morgan fingerprint density at radius 2 is 2.00 bits per heavy atom. The molecule has 5 heteroatoms. The average molecular weight is 461 g/mol. The van der Waals surface area contributed by atoms with Crippen LogP contribution in [0.2, 0.25) is 0 Å². The van der Waals surface area contributed by atoms with Crippen molar-refractivity contribution in [3.63, 3.8) is 0 Å². The normalized spacial score (nSPS) is 37.4. The summed E-state index contributed by atoms with van der Waals surface area (Å²) in [5.41, 5.74) is 3.70. The number of fused-ring (bicyclic) bond motifs is 1. The van der Waals surface area contributed by atoms with Crippen LogP contribution in [0.4, 0.5) is 4.39 Å². The zero-order chi connectivity index (χ0) is 23.1. The van der Waals surface area contributed by atoms with Gasteiger partial charge in [0.15, 0.2) is 0 Å². The van der Waals surface area contributed by atoms with Crippen LogP contribution in [0.15, 0.2) is 48.5 Å². The molecule has 2 aromatic rings. The molecule has 4 bridgehead atoms. The van der Waals surface area contributed by atoms with Gasteiger partial charge in [0, 0.05) is 36.2 Å². The van der Waals surface area contributed by atoms with Gasteiger partial charge in [0.05, 0.1) is 6.67 Å². The molecule has 4 fully saturated rings. The second kappa shape index (κ2) is 7.30. The number of carbonyl (C=O) groups excluding carboxylic acids is 1. The molecule has 0 spiro atoms. The molecule has 5 aliphatic rings. The number of phenolic OH excluding ortho intramolecular Hbond substituents is 1. The molecule has 5 unspecified atom stereocenters. The maximum absolute atomic E-state index is 13.6. The molecule has 0 aromatic heterocycles. The van der Waals surface area contributed by atoms with E-state index < -0.39 is 0 Å². The highest BCUT2D eigenvalue weighted by Crippen LogP contribution is 2.75.